The molecule has 2 aliphatic heterocycles. The summed E-state index contributed by atoms with van der Waals surface area (Å²) in [6.07, 6.45) is 0. The van der Waals surface area contributed by atoms with E-state index >= 15 is 0 Å². The predicted octanol–water partition coefficient (Wildman–Crippen LogP) is 2.71. The summed E-state index contributed by atoms with van der Waals surface area (Å²) in [5.74, 6) is -0.436. The first-order valence-corrected chi connectivity index (χ1v) is 11.8. The van der Waals surface area contributed by atoms with Crippen LogP contribution in [0.5, 0.6) is 0 Å². The van der Waals surface area contributed by atoms with Crippen LogP contribution in [0.3, 0.4) is 0 Å². The summed E-state index contributed by atoms with van der Waals surface area (Å²) in [5.41, 5.74) is 1.57. The second kappa shape index (κ2) is 10.5. The van der Waals surface area contributed by atoms with E-state index < -0.39 is 12.0 Å². The zero-order valence-electron chi connectivity index (χ0n) is 21.1. The summed E-state index contributed by atoms with van der Waals surface area (Å²) in [6, 6.07) is 8.48. The molecule has 0 bridgehead atoms. The van der Waals surface area contributed by atoms with Crippen LogP contribution < -0.4 is 10.6 Å². The van der Waals surface area contributed by atoms with E-state index in [0.29, 0.717) is 37.4 Å². The van der Waals surface area contributed by atoms with Crippen LogP contribution in [0.1, 0.15) is 46.2 Å². The highest BCUT2D eigenvalue weighted by Gasteiger charge is 2.38. The molecule has 0 radical (unpaired) electrons. The molecule has 2 atom stereocenters. The molecule has 1 aromatic carbocycles. The smallest absolute Gasteiger partial charge is 0.338 e. The fraction of sp³-hybridized carbons (Fsp3) is 0.560. The van der Waals surface area contributed by atoms with Crippen molar-refractivity contribution in [1.82, 2.24) is 25.3 Å². The number of amides is 4. The molecule has 0 saturated carbocycles. The van der Waals surface area contributed by atoms with E-state index in [2.05, 4.69) is 15.5 Å². The Morgan fingerprint density at radius 2 is 1.85 bits per heavy atom. The maximum absolute atomic E-state index is 13.1. The van der Waals surface area contributed by atoms with E-state index in [4.69, 9.17) is 4.74 Å². The molecule has 0 spiro atoms. The van der Waals surface area contributed by atoms with Crippen molar-refractivity contribution >= 4 is 18.0 Å². The number of carbonyl (C=O) groups is 3. The molecule has 1 fully saturated rings. The number of piperazine rings is 1. The van der Waals surface area contributed by atoms with E-state index in [1.165, 1.54) is 4.90 Å². The number of rotatable bonds is 5. The first kappa shape index (κ1) is 25.6. The van der Waals surface area contributed by atoms with Crippen LogP contribution in [0.4, 0.5) is 9.59 Å². The predicted molar refractivity (Wildman–Crippen MR) is 130 cm³/mol. The number of likely N-dealkylation sites (N-methyl/N-ethyl adjacent to an activating group) is 1. The standard InChI is InChI=1S/C25H37N5O4/c1-7-34-22(31)20-19(28(6)23(32)26-21(20)18-11-9-8-10-12-18)16-29-13-14-30(17(2)15-29)24(33)27-25(3,4)5/h8-12,17,21H,7,13-16H2,1-6H3,(H,26,32)(H,27,33). The van der Waals surface area contributed by atoms with Crippen molar-refractivity contribution < 1.29 is 19.1 Å². The van der Waals surface area contributed by atoms with Crippen LogP contribution in [0.2, 0.25) is 0 Å². The van der Waals surface area contributed by atoms with E-state index in [9.17, 15) is 14.4 Å². The second-order valence-electron chi connectivity index (χ2n) is 9.89. The van der Waals surface area contributed by atoms with Crippen molar-refractivity contribution in [3.63, 3.8) is 0 Å². The lowest BCUT2D eigenvalue weighted by Gasteiger charge is -2.43. The zero-order valence-corrected chi connectivity index (χ0v) is 21.1. The Kier molecular flexibility index (Phi) is 7.86. The van der Waals surface area contributed by atoms with Gasteiger partial charge in [-0.1, -0.05) is 30.3 Å². The van der Waals surface area contributed by atoms with E-state index in [1.807, 2.05) is 62.9 Å². The molecule has 34 heavy (non-hydrogen) atoms. The van der Waals surface area contributed by atoms with Gasteiger partial charge in [0.2, 0.25) is 0 Å². The molecule has 0 aromatic heterocycles. The third-order valence-electron chi connectivity index (χ3n) is 6.03. The number of ether oxygens (including phenoxy) is 1. The van der Waals surface area contributed by atoms with Crippen LogP contribution in [0.25, 0.3) is 0 Å². The first-order chi connectivity index (χ1) is 16.0. The summed E-state index contributed by atoms with van der Waals surface area (Å²) in [4.78, 5) is 44.1. The van der Waals surface area contributed by atoms with Crippen LogP contribution in [0.15, 0.2) is 41.6 Å². The molecule has 2 N–H and O–H groups in total. The molecular formula is C25H37N5O4. The molecule has 2 unspecified atom stereocenters. The number of carbonyl (C=O) groups excluding carboxylic acids is 3. The lowest BCUT2D eigenvalue weighted by atomic mass is 9.94. The molecule has 9 heteroatoms. The fourth-order valence-electron chi connectivity index (χ4n) is 4.38. The highest BCUT2D eigenvalue weighted by atomic mass is 16.5. The molecule has 2 aliphatic rings. The van der Waals surface area contributed by atoms with E-state index in [-0.39, 0.29) is 30.2 Å². The van der Waals surface area contributed by atoms with Crippen LogP contribution in [-0.4, -0.2) is 84.1 Å². The maximum Gasteiger partial charge on any atom is 0.338 e. The van der Waals surface area contributed by atoms with Gasteiger partial charge in [-0.15, -0.1) is 0 Å². The molecule has 3 rings (SSSR count). The van der Waals surface area contributed by atoms with Gasteiger partial charge in [0.1, 0.15) is 0 Å². The summed E-state index contributed by atoms with van der Waals surface area (Å²) >= 11 is 0. The van der Waals surface area contributed by atoms with Crippen molar-refractivity contribution in [3.8, 4) is 0 Å². The van der Waals surface area contributed by atoms with Gasteiger partial charge in [-0.05, 0) is 40.2 Å². The number of nitrogens with zero attached hydrogens (tertiary/aromatic N) is 3. The highest BCUT2D eigenvalue weighted by Crippen LogP contribution is 2.31. The second-order valence-corrected chi connectivity index (χ2v) is 9.89. The summed E-state index contributed by atoms with van der Waals surface area (Å²) in [6.45, 7) is 12.1. The van der Waals surface area contributed by atoms with E-state index in [0.717, 1.165) is 5.56 Å². The molecule has 1 aromatic rings. The minimum Gasteiger partial charge on any atom is -0.463 e. The summed E-state index contributed by atoms with van der Waals surface area (Å²) in [5, 5.41) is 5.97. The molecule has 186 valence electrons. The first-order valence-electron chi connectivity index (χ1n) is 11.8. The average molecular weight is 472 g/mol. The van der Waals surface area contributed by atoms with Crippen molar-refractivity contribution in [3.05, 3.63) is 47.2 Å². The monoisotopic (exact) mass is 471 g/mol. The van der Waals surface area contributed by atoms with Gasteiger partial charge in [0.25, 0.3) is 0 Å². The van der Waals surface area contributed by atoms with Crippen molar-refractivity contribution in [1.29, 1.82) is 0 Å². The van der Waals surface area contributed by atoms with Gasteiger partial charge in [-0.2, -0.15) is 0 Å². The highest BCUT2D eigenvalue weighted by molar-refractivity contribution is 5.95. The normalized spacial score (nSPS) is 21.9. The van der Waals surface area contributed by atoms with Crippen LogP contribution >= 0.6 is 0 Å². The number of esters is 1. The number of benzene rings is 1. The number of urea groups is 2. The Morgan fingerprint density at radius 1 is 1.18 bits per heavy atom. The quantitative estimate of drug-likeness (QED) is 0.644. The largest absolute Gasteiger partial charge is 0.463 e. The Hall–Kier alpha value is -3.07. The van der Waals surface area contributed by atoms with Crippen molar-refractivity contribution in [2.75, 3.05) is 39.8 Å². The third kappa shape index (κ3) is 5.88. The molecule has 9 nitrogen and oxygen atoms in total. The molecule has 4 amide bonds. The zero-order chi connectivity index (χ0) is 25.0. The van der Waals surface area contributed by atoms with Gasteiger partial charge in [0, 0.05) is 50.5 Å². The molecule has 0 aliphatic carbocycles. The van der Waals surface area contributed by atoms with Crippen molar-refractivity contribution in [2.45, 2.75) is 52.2 Å². The molecule has 2 heterocycles. The Morgan fingerprint density at radius 3 is 2.44 bits per heavy atom. The SMILES string of the molecule is CCOC(=O)C1=C(CN2CCN(C(=O)NC(C)(C)C)C(C)C2)N(C)C(=O)NC1c1ccccc1. The Labute approximate surface area is 202 Å². The Bertz CT molecular complexity index is 940. The lowest BCUT2D eigenvalue weighted by Crippen LogP contribution is -2.59. The van der Waals surface area contributed by atoms with E-state index in [1.54, 1.807) is 14.0 Å². The number of nitrogens with one attached hydrogen (secondary N) is 2. The van der Waals surface area contributed by atoms with Gasteiger partial charge < -0.3 is 20.3 Å². The lowest BCUT2D eigenvalue weighted by molar-refractivity contribution is -0.139. The van der Waals surface area contributed by atoms with Gasteiger partial charge in [0.05, 0.1) is 18.2 Å². The third-order valence-corrected chi connectivity index (χ3v) is 6.03. The summed E-state index contributed by atoms with van der Waals surface area (Å²) < 4.78 is 5.40. The minimum atomic E-state index is -0.588. The average Bonchev–Trinajstić information content (AvgIpc) is 2.76. The van der Waals surface area contributed by atoms with Crippen molar-refractivity contribution in [2.24, 2.45) is 0 Å². The van der Waals surface area contributed by atoms with Crippen LogP contribution in [-0.2, 0) is 9.53 Å². The maximum atomic E-state index is 13.1. The fourth-order valence-corrected chi connectivity index (χ4v) is 4.38. The number of hydrogen-bond donors (Lipinski definition) is 2. The minimum absolute atomic E-state index is 0.0182. The Balaban J connectivity index is 1.87. The van der Waals surface area contributed by atoms with Gasteiger partial charge >= 0.3 is 18.0 Å². The number of hydrogen-bond acceptors (Lipinski definition) is 5. The molecule has 1 saturated heterocycles. The van der Waals surface area contributed by atoms with Gasteiger partial charge in [-0.3, -0.25) is 9.80 Å². The van der Waals surface area contributed by atoms with Crippen LogP contribution in [0, 0.1) is 0 Å². The topological polar surface area (TPSA) is 94.2 Å². The van der Waals surface area contributed by atoms with Gasteiger partial charge in [0.15, 0.2) is 0 Å². The summed E-state index contributed by atoms with van der Waals surface area (Å²) in [7, 11) is 1.67. The van der Waals surface area contributed by atoms with Gasteiger partial charge in [-0.25, -0.2) is 14.4 Å². The molecular weight excluding hydrogens is 434 g/mol.